The zero-order valence-corrected chi connectivity index (χ0v) is 7.91. The first kappa shape index (κ1) is 8.30. The molecule has 1 aromatic rings. The van der Waals surface area contributed by atoms with Gasteiger partial charge >= 0.3 is 0 Å². The fraction of sp³-hybridized carbons (Fsp3) is 0.364. The van der Waals surface area contributed by atoms with Crippen LogP contribution in [0.15, 0.2) is 23.2 Å². The number of hydrogen-bond acceptors (Lipinski definition) is 2. The molecule has 0 aliphatic carbocycles. The summed E-state index contributed by atoms with van der Waals surface area (Å²) < 4.78 is 0. The van der Waals surface area contributed by atoms with Crippen LogP contribution in [0.25, 0.3) is 0 Å². The minimum atomic E-state index is 0.0445. The number of phenols is 1. The van der Waals surface area contributed by atoms with Crippen molar-refractivity contribution in [3.05, 3.63) is 29.3 Å². The van der Waals surface area contributed by atoms with Gasteiger partial charge in [0.25, 0.3) is 0 Å². The highest BCUT2D eigenvalue weighted by molar-refractivity contribution is 5.87. The van der Waals surface area contributed by atoms with E-state index >= 15 is 0 Å². The number of phenolic OH excluding ortho intramolecular Hbond substituents is 1. The fourth-order valence-electron chi connectivity index (χ4n) is 1.73. The molecule has 68 valence electrons. The van der Waals surface area contributed by atoms with Gasteiger partial charge in [-0.25, -0.2) is 0 Å². The molecule has 0 fully saturated rings. The highest BCUT2D eigenvalue weighted by Gasteiger charge is 2.26. The van der Waals surface area contributed by atoms with Gasteiger partial charge in [-0.3, -0.25) is 4.99 Å². The van der Waals surface area contributed by atoms with Crippen LogP contribution in [0.5, 0.6) is 5.75 Å². The topological polar surface area (TPSA) is 32.6 Å². The second-order valence-corrected chi connectivity index (χ2v) is 4.09. The molecule has 0 spiro atoms. The monoisotopic (exact) mass is 175 g/mol. The number of aliphatic imine (C=N–C) groups is 1. The number of benzene rings is 1. The fourth-order valence-corrected chi connectivity index (χ4v) is 1.73. The molecule has 0 radical (unpaired) electrons. The second kappa shape index (κ2) is 2.59. The lowest BCUT2D eigenvalue weighted by molar-refractivity contribution is 0.465. The van der Waals surface area contributed by atoms with E-state index < -0.39 is 0 Å². The van der Waals surface area contributed by atoms with E-state index in [1.165, 1.54) is 5.56 Å². The lowest BCUT2D eigenvalue weighted by atomic mass is 9.80. The van der Waals surface area contributed by atoms with Gasteiger partial charge in [-0.2, -0.15) is 0 Å². The number of fused-ring (bicyclic) bond motifs is 1. The van der Waals surface area contributed by atoms with E-state index in [4.69, 9.17) is 0 Å². The maximum Gasteiger partial charge on any atom is 0.124 e. The molecule has 1 aliphatic rings. The normalized spacial score (nSPS) is 18.3. The summed E-state index contributed by atoms with van der Waals surface area (Å²) in [5.41, 5.74) is 2.10. The average Bonchev–Trinajstić information content (AvgIpc) is 2.06. The molecule has 0 unspecified atom stereocenters. The molecule has 0 saturated carbocycles. The van der Waals surface area contributed by atoms with E-state index in [9.17, 15) is 5.11 Å². The van der Waals surface area contributed by atoms with Gasteiger partial charge < -0.3 is 5.11 Å². The van der Waals surface area contributed by atoms with E-state index in [0.29, 0.717) is 5.75 Å². The van der Waals surface area contributed by atoms with Gasteiger partial charge in [-0.05, 0) is 11.6 Å². The third-order valence-electron chi connectivity index (χ3n) is 2.52. The van der Waals surface area contributed by atoms with Crippen molar-refractivity contribution in [2.24, 2.45) is 4.99 Å². The summed E-state index contributed by atoms with van der Waals surface area (Å²) in [5, 5.41) is 9.60. The summed E-state index contributed by atoms with van der Waals surface area (Å²) >= 11 is 0. The van der Waals surface area contributed by atoms with Crippen molar-refractivity contribution in [3.8, 4) is 5.75 Å². The van der Waals surface area contributed by atoms with Gasteiger partial charge in [0, 0.05) is 23.7 Å². The van der Waals surface area contributed by atoms with Crippen LogP contribution in [0.3, 0.4) is 0 Å². The summed E-state index contributed by atoms with van der Waals surface area (Å²) in [6, 6.07) is 5.64. The van der Waals surface area contributed by atoms with Crippen molar-refractivity contribution in [2.45, 2.75) is 19.3 Å². The molecule has 0 atom stereocenters. The van der Waals surface area contributed by atoms with Crippen LogP contribution in [-0.4, -0.2) is 17.9 Å². The summed E-state index contributed by atoms with van der Waals surface area (Å²) in [5.74, 6) is 0.328. The van der Waals surface area contributed by atoms with Gasteiger partial charge in [0.1, 0.15) is 5.75 Å². The Balaban J connectivity index is 2.67. The lowest BCUT2D eigenvalue weighted by Gasteiger charge is -2.28. The Bertz CT molecular complexity index is 366. The molecule has 1 aliphatic heterocycles. The number of aromatic hydroxyl groups is 1. The van der Waals surface area contributed by atoms with Crippen LogP contribution >= 0.6 is 0 Å². The number of hydrogen-bond donors (Lipinski definition) is 1. The molecule has 2 heteroatoms. The Hall–Kier alpha value is -1.31. The van der Waals surface area contributed by atoms with Gasteiger partial charge in [-0.1, -0.05) is 26.0 Å². The molecule has 1 heterocycles. The molecule has 0 bridgehead atoms. The predicted octanol–water partition coefficient (Wildman–Crippen LogP) is 2.10. The molecule has 0 aromatic heterocycles. The van der Waals surface area contributed by atoms with Crippen molar-refractivity contribution in [2.75, 3.05) is 6.54 Å². The van der Waals surface area contributed by atoms with Crippen LogP contribution in [0.2, 0.25) is 0 Å². The lowest BCUT2D eigenvalue weighted by Crippen LogP contribution is -2.26. The minimum absolute atomic E-state index is 0.0445. The van der Waals surface area contributed by atoms with Crippen molar-refractivity contribution in [1.29, 1.82) is 0 Å². The first-order chi connectivity index (χ1) is 6.11. The molecule has 2 rings (SSSR count). The molecule has 1 aromatic carbocycles. The zero-order valence-electron chi connectivity index (χ0n) is 7.91. The molecule has 1 N–H and O–H groups in total. The van der Waals surface area contributed by atoms with E-state index in [1.54, 1.807) is 12.3 Å². The van der Waals surface area contributed by atoms with Gasteiger partial charge in [0.05, 0.1) is 0 Å². The van der Waals surface area contributed by atoms with Crippen LogP contribution < -0.4 is 0 Å². The quantitative estimate of drug-likeness (QED) is 0.643. The van der Waals surface area contributed by atoms with Crippen LogP contribution in [-0.2, 0) is 5.41 Å². The maximum atomic E-state index is 9.60. The van der Waals surface area contributed by atoms with Crippen molar-refractivity contribution in [3.63, 3.8) is 0 Å². The zero-order chi connectivity index (χ0) is 9.47. The summed E-state index contributed by atoms with van der Waals surface area (Å²) in [7, 11) is 0. The third kappa shape index (κ3) is 1.22. The van der Waals surface area contributed by atoms with Crippen molar-refractivity contribution < 1.29 is 5.11 Å². The summed E-state index contributed by atoms with van der Waals surface area (Å²) in [4.78, 5) is 4.25. The molecular formula is C11H13NO. The first-order valence-corrected chi connectivity index (χ1v) is 4.43. The molecule has 0 saturated heterocycles. The maximum absolute atomic E-state index is 9.60. The SMILES string of the molecule is CC1(C)CN=Cc2c(O)cccc21. The smallest absolute Gasteiger partial charge is 0.124 e. The minimum Gasteiger partial charge on any atom is -0.507 e. The van der Waals surface area contributed by atoms with Gasteiger partial charge in [-0.15, -0.1) is 0 Å². The predicted molar refractivity (Wildman–Crippen MR) is 53.6 cm³/mol. The van der Waals surface area contributed by atoms with Gasteiger partial charge in [0.15, 0.2) is 0 Å². The first-order valence-electron chi connectivity index (χ1n) is 4.43. The van der Waals surface area contributed by atoms with E-state index in [2.05, 4.69) is 24.9 Å². The molecule has 13 heavy (non-hydrogen) atoms. The summed E-state index contributed by atoms with van der Waals surface area (Å²) in [6.07, 6.45) is 1.76. The Kier molecular flexibility index (Phi) is 1.65. The van der Waals surface area contributed by atoms with Crippen molar-refractivity contribution in [1.82, 2.24) is 0 Å². The summed E-state index contributed by atoms with van der Waals surface area (Å²) in [6.45, 7) is 5.08. The highest BCUT2D eigenvalue weighted by Crippen LogP contribution is 2.33. The second-order valence-electron chi connectivity index (χ2n) is 4.09. The Morgan fingerprint density at radius 1 is 1.38 bits per heavy atom. The van der Waals surface area contributed by atoms with E-state index in [-0.39, 0.29) is 5.41 Å². The molecule has 0 amide bonds. The molecule has 2 nitrogen and oxygen atoms in total. The average molecular weight is 175 g/mol. The standard InChI is InChI=1S/C11H13NO/c1-11(2)7-12-6-8-9(11)4-3-5-10(8)13/h3-6,13H,7H2,1-2H3. The largest absolute Gasteiger partial charge is 0.507 e. The number of nitrogens with zero attached hydrogens (tertiary/aromatic N) is 1. The highest BCUT2D eigenvalue weighted by atomic mass is 16.3. The van der Waals surface area contributed by atoms with Crippen LogP contribution in [0.4, 0.5) is 0 Å². The van der Waals surface area contributed by atoms with Crippen molar-refractivity contribution >= 4 is 6.21 Å². The Morgan fingerprint density at radius 3 is 2.85 bits per heavy atom. The van der Waals surface area contributed by atoms with E-state index in [1.807, 2.05) is 6.07 Å². The van der Waals surface area contributed by atoms with Gasteiger partial charge in [0.2, 0.25) is 0 Å². The number of rotatable bonds is 0. The third-order valence-corrected chi connectivity index (χ3v) is 2.52. The molecular weight excluding hydrogens is 162 g/mol. The van der Waals surface area contributed by atoms with E-state index in [0.717, 1.165) is 12.1 Å². The Labute approximate surface area is 77.9 Å². The Morgan fingerprint density at radius 2 is 2.15 bits per heavy atom. The van der Waals surface area contributed by atoms with Crippen LogP contribution in [0.1, 0.15) is 25.0 Å². The van der Waals surface area contributed by atoms with Crippen LogP contribution in [0, 0.1) is 0 Å².